The number of halogens is 1. The van der Waals surface area contributed by atoms with E-state index >= 15 is 0 Å². The zero-order valence-electron chi connectivity index (χ0n) is 18.5. The minimum Gasteiger partial charge on any atom is -0.348 e. The summed E-state index contributed by atoms with van der Waals surface area (Å²) in [5.74, 6) is -0.0920. The van der Waals surface area contributed by atoms with Gasteiger partial charge in [0.25, 0.3) is 5.91 Å². The molecule has 2 heterocycles. The lowest BCUT2D eigenvalue weighted by Crippen LogP contribution is -2.25. The van der Waals surface area contributed by atoms with Crippen LogP contribution in [-0.2, 0) is 16.1 Å². The average Bonchev–Trinajstić information content (AvgIpc) is 3.20. The fourth-order valence-electron chi connectivity index (χ4n) is 3.52. The van der Waals surface area contributed by atoms with Crippen LogP contribution in [0.2, 0.25) is 0 Å². The van der Waals surface area contributed by atoms with E-state index in [1.165, 1.54) is 24.0 Å². The molecule has 0 radical (unpaired) electrons. The van der Waals surface area contributed by atoms with Crippen molar-refractivity contribution in [2.75, 3.05) is 11.9 Å². The molecule has 33 heavy (non-hydrogen) atoms. The molecular weight excluding hydrogens is 421 g/mol. The van der Waals surface area contributed by atoms with Gasteiger partial charge in [-0.25, -0.2) is 14.1 Å². The molecule has 0 unspecified atom stereocenters. The zero-order chi connectivity index (χ0) is 23.4. The van der Waals surface area contributed by atoms with E-state index in [0.717, 1.165) is 24.1 Å². The Kier molecular flexibility index (Phi) is 6.44. The summed E-state index contributed by atoms with van der Waals surface area (Å²) in [5, 5.41) is 7.40. The van der Waals surface area contributed by atoms with Crippen LogP contribution < -0.4 is 10.2 Å². The normalized spacial score (nSPS) is 12.9. The van der Waals surface area contributed by atoms with Crippen molar-refractivity contribution < 1.29 is 14.0 Å². The Bertz CT molecular complexity index is 1230. The number of nitrogens with one attached hydrogen (secondary N) is 1. The lowest BCUT2D eigenvalue weighted by molar-refractivity contribution is -0.116. The Morgan fingerprint density at radius 3 is 2.61 bits per heavy atom. The van der Waals surface area contributed by atoms with Crippen molar-refractivity contribution in [1.29, 1.82) is 0 Å². The number of pyridine rings is 1. The molecule has 0 aliphatic heterocycles. The topological polar surface area (TPSA) is 80.1 Å². The molecule has 1 aliphatic rings. The van der Waals surface area contributed by atoms with Crippen LogP contribution in [0.15, 0.2) is 60.9 Å². The Morgan fingerprint density at radius 1 is 1.12 bits per heavy atom. The van der Waals surface area contributed by atoms with Crippen LogP contribution in [-0.4, -0.2) is 33.6 Å². The van der Waals surface area contributed by atoms with Crippen LogP contribution in [0.1, 0.15) is 36.6 Å². The van der Waals surface area contributed by atoms with Gasteiger partial charge >= 0.3 is 0 Å². The van der Waals surface area contributed by atoms with Gasteiger partial charge in [-0.3, -0.25) is 9.59 Å². The van der Waals surface area contributed by atoms with Crippen LogP contribution in [0.25, 0.3) is 17.3 Å². The Balaban J connectivity index is 1.53. The molecule has 0 saturated heterocycles. The molecule has 3 aromatic rings. The quantitative estimate of drug-likeness (QED) is 0.646. The molecule has 1 N–H and O–H groups in total. The van der Waals surface area contributed by atoms with E-state index < -0.39 is 0 Å². The van der Waals surface area contributed by atoms with Crippen molar-refractivity contribution in [2.45, 2.75) is 26.3 Å². The second kappa shape index (κ2) is 9.60. The highest BCUT2D eigenvalue weighted by Crippen LogP contribution is 2.26. The molecular formula is C25H24FN5O2. The van der Waals surface area contributed by atoms with Crippen LogP contribution in [0, 0.1) is 5.82 Å². The van der Waals surface area contributed by atoms with E-state index in [1.807, 2.05) is 24.3 Å². The Hall–Kier alpha value is -4.07. The van der Waals surface area contributed by atoms with Crippen LogP contribution in [0.4, 0.5) is 10.2 Å². The summed E-state index contributed by atoms with van der Waals surface area (Å²) in [6, 6.07) is 9.64. The molecule has 0 bridgehead atoms. The van der Waals surface area contributed by atoms with Crippen molar-refractivity contribution in [1.82, 2.24) is 20.1 Å². The molecule has 1 aliphatic carbocycles. The van der Waals surface area contributed by atoms with Gasteiger partial charge in [0.1, 0.15) is 11.6 Å². The maximum Gasteiger partial charge on any atom is 0.251 e. The van der Waals surface area contributed by atoms with Crippen molar-refractivity contribution in [3.63, 3.8) is 0 Å². The van der Waals surface area contributed by atoms with Gasteiger partial charge in [0.2, 0.25) is 5.91 Å². The molecule has 0 spiro atoms. The van der Waals surface area contributed by atoms with Crippen molar-refractivity contribution in [3.05, 3.63) is 83.6 Å². The standard InChI is InChI=1S/C25H24FN5O2/c1-17(32)30(2)24-13-8-18(14-27-24)15-28-25(33)21-6-4-3-5-7-23-22(21)16-29-31(23)20-11-9-19(26)10-12-20/h5-14,16H,3-4,15H2,1-2H3,(H,28,33). The molecule has 0 saturated carbocycles. The molecule has 4 rings (SSSR count). The van der Waals surface area contributed by atoms with E-state index in [2.05, 4.69) is 15.4 Å². The third-order valence-electron chi connectivity index (χ3n) is 5.45. The average molecular weight is 445 g/mol. The van der Waals surface area contributed by atoms with Crippen molar-refractivity contribution >= 4 is 29.3 Å². The van der Waals surface area contributed by atoms with E-state index in [9.17, 15) is 14.0 Å². The molecule has 1 aromatic carbocycles. The number of anilines is 1. The summed E-state index contributed by atoms with van der Waals surface area (Å²) in [5.41, 5.74) is 3.55. The van der Waals surface area contributed by atoms with Crippen molar-refractivity contribution in [2.24, 2.45) is 0 Å². The third-order valence-corrected chi connectivity index (χ3v) is 5.45. The minimum absolute atomic E-state index is 0.106. The number of aromatic nitrogens is 3. The molecule has 0 fully saturated rings. The van der Waals surface area contributed by atoms with Gasteiger partial charge < -0.3 is 10.2 Å². The summed E-state index contributed by atoms with van der Waals surface area (Å²) >= 11 is 0. The number of rotatable bonds is 5. The fourth-order valence-corrected chi connectivity index (χ4v) is 3.52. The summed E-state index contributed by atoms with van der Waals surface area (Å²) in [7, 11) is 1.66. The van der Waals surface area contributed by atoms with Gasteiger partial charge in [0.05, 0.1) is 17.6 Å². The fraction of sp³-hybridized carbons (Fsp3) is 0.200. The largest absolute Gasteiger partial charge is 0.348 e. The molecule has 2 amide bonds. The summed E-state index contributed by atoms with van der Waals surface area (Å²) in [4.78, 5) is 30.3. The van der Waals surface area contributed by atoms with E-state index in [4.69, 9.17) is 0 Å². The van der Waals surface area contributed by atoms with Gasteiger partial charge in [-0.1, -0.05) is 18.2 Å². The molecule has 168 valence electrons. The van der Waals surface area contributed by atoms with Gasteiger partial charge in [0, 0.05) is 37.8 Å². The molecule has 0 atom stereocenters. The highest BCUT2D eigenvalue weighted by molar-refractivity contribution is 6.20. The summed E-state index contributed by atoms with van der Waals surface area (Å²) in [6.45, 7) is 1.77. The lowest BCUT2D eigenvalue weighted by Gasteiger charge is -2.14. The van der Waals surface area contributed by atoms with E-state index in [1.54, 1.807) is 42.3 Å². The number of benzene rings is 1. The monoisotopic (exact) mass is 445 g/mol. The first-order valence-electron chi connectivity index (χ1n) is 10.6. The SMILES string of the molecule is CC(=O)N(C)c1ccc(CNC(=O)C2=CCCC=Cc3c2cnn3-c2ccc(F)cc2)cn1. The smallest absolute Gasteiger partial charge is 0.251 e. The van der Waals surface area contributed by atoms with Gasteiger partial charge in [-0.15, -0.1) is 0 Å². The number of nitrogens with zero attached hydrogens (tertiary/aromatic N) is 4. The van der Waals surface area contributed by atoms with E-state index in [-0.39, 0.29) is 17.6 Å². The number of carbonyl (C=O) groups is 2. The van der Waals surface area contributed by atoms with Crippen LogP contribution >= 0.6 is 0 Å². The Morgan fingerprint density at radius 2 is 1.91 bits per heavy atom. The summed E-state index contributed by atoms with van der Waals surface area (Å²) < 4.78 is 15.0. The van der Waals surface area contributed by atoms with E-state index in [0.29, 0.717) is 29.2 Å². The van der Waals surface area contributed by atoms with Gasteiger partial charge in [0.15, 0.2) is 0 Å². The van der Waals surface area contributed by atoms with Crippen LogP contribution in [0.3, 0.4) is 0 Å². The van der Waals surface area contributed by atoms with Crippen LogP contribution in [0.5, 0.6) is 0 Å². The highest BCUT2D eigenvalue weighted by Gasteiger charge is 2.20. The maximum absolute atomic E-state index is 13.3. The second-order valence-electron chi connectivity index (χ2n) is 7.71. The number of hydrogen-bond acceptors (Lipinski definition) is 4. The van der Waals surface area contributed by atoms with Gasteiger partial charge in [-0.2, -0.15) is 5.10 Å². The number of hydrogen-bond donors (Lipinski definition) is 1. The number of amides is 2. The third kappa shape index (κ3) is 4.90. The Labute approximate surface area is 191 Å². The lowest BCUT2D eigenvalue weighted by atomic mass is 10.0. The predicted octanol–water partition coefficient (Wildman–Crippen LogP) is 3.90. The zero-order valence-corrected chi connectivity index (χ0v) is 18.5. The molecule has 7 nitrogen and oxygen atoms in total. The molecule has 2 aromatic heterocycles. The first-order chi connectivity index (χ1) is 15.9. The minimum atomic E-state index is -0.320. The maximum atomic E-state index is 13.3. The number of fused-ring (bicyclic) bond motifs is 1. The summed E-state index contributed by atoms with van der Waals surface area (Å²) in [6.07, 6.45) is 10.7. The second-order valence-corrected chi connectivity index (χ2v) is 7.71. The first kappa shape index (κ1) is 22.1. The molecule has 8 heteroatoms. The highest BCUT2D eigenvalue weighted by atomic mass is 19.1. The van der Waals surface area contributed by atoms with Crippen molar-refractivity contribution in [3.8, 4) is 5.69 Å². The number of carbonyl (C=O) groups excluding carboxylic acids is 2. The van der Waals surface area contributed by atoms with Gasteiger partial charge in [-0.05, 0) is 54.8 Å². The number of allylic oxidation sites excluding steroid dienone is 2. The first-order valence-corrected chi connectivity index (χ1v) is 10.6. The predicted molar refractivity (Wildman–Crippen MR) is 125 cm³/mol.